The number of rotatable bonds is 4. The van der Waals surface area contributed by atoms with E-state index in [2.05, 4.69) is 39.8 Å². The van der Waals surface area contributed by atoms with Crippen LogP contribution < -0.4 is 22.3 Å². The minimum atomic E-state index is 0.185. The standard InChI is InChI=1S/C10H14N6S/c1-6-2-3-7(17-6)5-13-8-4-9(16-12)15-10(11)14-8/h2-4H,5,12H2,1H3,(H4,11,13,14,15,16). The SMILES string of the molecule is Cc1ccc(CNc2cc(NN)nc(N)n2)s1. The number of aromatic nitrogens is 2. The van der Waals surface area contributed by atoms with Crippen molar-refractivity contribution in [2.24, 2.45) is 5.84 Å². The molecule has 0 unspecified atom stereocenters. The molecule has 0 spiro atoms. The normalized spacial score (nSPS) is 10.2. The summed E-state index contributed by atoms with van der Waals surface area (Å²) in [7, 11) is 0. The molecule has 0 atom stereocenters. The molecule has 0 aliphatic carbocycles. The highest BCUT2D eigenvalue weighted by Crippen LogP contribution is 2.17. The van der Waals surface area contributed by atoms with Gasteiger partial charge in [0.2, 0.25) is 5.95 Å². The van der Waals surface area contributed by atoms with Gasteiger partial charge in [0.05, 0.1) is 6.54 Å². The van der Waals surface area contributed by atoms with Gasteiger partial charge in [-0.15, -0.1) is 11.3 Å². The van der Waals surface area contributed by atoms with Crippen LogP contribution in [-0.2, 0) is 6.54 Å². The van der Waals surface area contributed by atoms with Crippen molar-refractivity contribution in [3.05, 3.63) is 28.0 Å². The molecule has 0 amide bonds. The van der Waals surface area contributed by atoms with Crippen LogP contribution in [0.3, 0.4) is 0 Å². The van der Waals surface area contributed by atoms with E-state index in [1.165, 1.54) is 9.75 Å². The number of nitrogens with two attached hydrogens (primary N) is 2. The number of hydrogen-bond donors (Lipinski definition) is 4. The molecule has 0 saturated carbocycles. The first-order valence-corrected chi connectivity index (χ1v) is 5.89. The van der Waals surface area contributed by atoms with Crippen LogP contribution in [0.2, 0.25) is 0 Å². The van der Waals surface area contributed by atoms with Crippen LogP contribution in [0.25, 0.3) is 0 Å². The lowest BCUT2D eigenvalue weighted by Crippen LogP contribution is -2.11. The van der Waals surface area contributed by atoms with Crippen LogP contribution in [0, 0.1) is 6.92 Å². The highest BCUT2D eigenvalue weighted by atomic mass is 32.1. The zero-order valence-corrected chi connectivity index (χ0v) is 10.2. The molecule has 2 heterocycles. The molecule has 0 fully saturated rings. The number of nitrogen functional groups attached to an aromatic ring is 2. The third-order valence-corrected chi connectivity index (χ3v) is 3.13. The van der Waals surface area contributed by atoms with E-state index in [-0.39, 0.29) is 5.95 Å². The molecule has 90 valence electrons. The molecule has 6 N–H and O–H groups in total. The zero-order valence-electron chi connectivity index (χ0n) is 9.40. The Bertz CT molecular complexity index is 509. The Hall–Kier alpha value is -1.86. The van der Waals surface area contributed by atoms with Crippen LogP contribution >= 0.6 is 11.3 Å². The summed E-state index contributed by atoms with van der Waals surface area (Å²) in [6, 6.07) is 5.87. The van der Waals surface area contributed by atoms with Gasteiger partial charge < -0.3 is 16.5 Å². The van der Waals surface area contributed by atoms with Crippen molar-refractivity contribution in [2.75, 3.05) is 16.5 Å². The van der Waals surface area contributed by atoms with Crippen LogP contribution in [0.5, 0.6) is 0 Å². The van der Waals surface area contributed by atoms with Gasteiger partial charge >= 0.3 is 0 Å². The Labute approximate surface area is 103 Å². The Kier molecular flexibility index (Phi) is 3.40. The molecule has 0 aromatic carbocycles. The van der Waals surface area contributed by atoms with Crippen LogP contribution in [-0.4, -0.2) is 9.97 Å². The molecular weight excluding hydrogens is 236 g/mol. The number of hydrogen-bond acceptors (Lipinski definition) is 7. The maximum absolute atomic E-state index is 5.55. The van der Waals surface area contributed by atoms with Crippen molar-refractivity contribution < 1.29 is 0 Å². The monoisotopic (exact) mass is 250 g/mol. The van der Waals surface area contributed by atoms with E-state index >= 15 is 0 Å². The largest absolute Gasteiger partial charge is 0.368 e. The average Bonchev–Trinajstić information content (AvgIpc) is 2.72. The van der Waals surface area contributed by atoms with Gasteiger partial charge in [-0.1, -0.05) is 0 Å². The van der Waals surface area contributed by atoms with Crippen molar-refractivity contribution in [2.45, 2.75) is 13.5 Å². The minimum Gasteiger partial charge on any atom is -0.368 e. The van der Waals surface area contributed by atoms with E-state index < -0.39 is 0 Å². The molecule has 2 rings (SSSR count). The first kappa shape index (κ1) is 11.6. The van der Waals surface area contributed by atoms with Gasteiger partial charge in [0, 0.05) is 15.8 Å². The third kappa shape index (κ3) is 3.05. The Morgan fingerprint density at radius 2 is 2.06 bits per heavy atom. The maximum Gasteiger partial charge on any atom is 0.223 e. The predicted molar refractivity (Wildman–Crippen MR) is 70.6 cm³/mol. The van der Waals surface area contributed by atoms with E-state index in [4.69, 9.17) is 11.6 Å². The van der Waals surface area contributed by atoms with E-state index in [9.17, 15) is 0 Å². The van der Waals surface area contributed by atoms with Crippen molar-refractivity contribution in [3.63, 3.8) is 0 Å². The topological polar surface area (TPSA) is 102 Å². The fourth-order valence-electron chi connectivity index (χ4n) is 1.39. The molecule has 0 radical (unpaired) electrons. The second-order valence-electron chi connectivity index (χ2n) is 3.51. The fraction of sp³-hybridized carbons (Fsp3) is 0.200. The molecule has 0 aliphatic rings. The molecule has 6 nitrogen and oxygen atoms in total. The van der Waals surface area contributed by atoms with Gasteiger partial charge in [-0.05, 0) is 19.1 Å². The number of aryl methyl sites for hydroxylation is 1. The van der Waals surface area contributed by atoms with E-state index in [1.807, 2.05) is 0 Å². The summed E-state index contributed by atoms with van der Waals surface area (Å²) in [6.45, 7) is 2.78. The van der Waals surface area contributed by atoms with Crippen molar-refractivity contribution in [1.29, 1.82) is 0 Å². The molecule has 17 heavy (non-hydrogen) atoms. The van der Waals surface area contributed by atoms with Crippen LogP contribution in [0.1, 0.15) is 9.75 Å². The van der Waals surface area contributed by atoms with Gasteiger partial charge in [0.15, 0.2) is 0 Å². The summed E-state index contributed by atoms with van der Waals surface area (Å²) in [5.41, 5.74) is 7.99. The fourth-order valence-corrected chi connectivity index (χ4v) is 2.22. The van der Waals surface area contributed by atoms with Gasteiger partial charge in [-0.25, -0.2) is 5.84 Å². The van der Waals surface area contributed by atoms with Gasteiger partial charge in [-0.3, -0.25) is 0 Å². The summed E-state index contributed by atoms with van der Waals surface area (Å²) in [4.78, 5) is 10.5. The number of nitrogens with zero attached hydrogens (tertiary/aromatic N) is 2. The molecule has 2 aromatic heterocycles. The molecular formula is C10H14N6S. The highest BCUT2D eigenvalue weighted by molar-refractivity contribution is 7.11. The first-order chi connectivity index (χ1) is 8.17. The summed E-state index contributed by atoms with van der Waals surface area (Å²) >= 11 is 1.74. The lowest BCUT2D eigenvalue weighted by molar-refractivity contribution is 1.10. The van der Waals surface area contributed by atoms with Gasteiger partial charge in [-0.2, -0.15) is 9.97 Å². The van der Waals surface area contributed by atoms with Crippen molar-refractivity contribution in [3.8, 4) is 0 Å². The molecule has 0 bridgehead atoms. The molecule has 2 aromatic rings. The smallest absolute Gasteiger partial charge is 0.223 e. The summed E-state index contributed by atoms with van der Waals surface area (Å²) in [5, 5.41) is 3.17. The average molecular weight is 250 g/mol. The summed E-state index contributed by atoms with van der Waals surface area (Å²) in [5.74, 6) is 6.60. The van der Waals surface area contributed by atoms with E-state index in [1.54, 1.807) is 17.4 Å². The van der Waals surface area contributed by atoms with Gasteiger partial charge in [0.25, 0.3) is 0 Å². The van der Waals surface area contributed by atoms with Gasteiger partial charge in [0.1, 0.15) is 11.6 Å². The molecule has 0 saturated heterocycles. The minimum absolute atomic E-state index is 0.185. The number of nitrogens with one attached hydrogen (secondary N) is 2. The second kappa shape index (κ2) is 4.98. The zero-order chi connectivity index (χ0) is 12.3. The Balaban J connectivity index is 2.05. The highest BCUT2D eigenvalue weighted by Gasteiger charge is 2.02. The Morgan fingerprint density at radius 3 is 2.71 bits per heavy atom. The first-order valence-electron chi connectivity index (χ1n) is 5.08. The summed E-state index contributed by atoms with van der Waals surface area (Å²) < 4.78 is 0. The van der Waals surface area contributed by atoms with E-state index in [0.29, 0.717) is 18.2 Å². The number of anilines is 3. The number of thiophene rings is 1. The third-order valence-electron chi connectivity index (χ3n) is 2.13. The van der Waals surface area contributed by atoms with Crippen molar-refractivity contribution in [1.82, 2.24) is 9.97 Å². The Morgan fingerprint density at radius 1 is 1.29 bits per heavy atom. The maximum atomic E-state index is 5.55. The predicted octanol–water partition coefficient (Wildman–Crippen LogP) is 1.33. The molecule has 0 aliphatic heterocycles. The lowest BCUT2D eigenvalue weighted by Gasteiger charge is -2.06. The quantitative estimate of drug-likeness (QED) is 0.482. The van der Waals surface area contributed by atoms with Crippen LogP contribution in [0.15, 0.2) is 18.2 Å². The lowest BCUT2D eigenvalue weighted by atomic mass is 10.4. The number of hydrazine groups is 1. The second-order valence-corrected chi connectivity index (χ2v) is 4.88. The van der Waals surface area contributed by atoms with E-state index in [0.717, 1.165) is 0 Å². The van der Waals surface area contributed by atoms with Crippen LogP contribution in [0.4, 0.5) is 17.6 Å². The molecule has 7 heteroatoms. The van der Waals surface area contributed by atoms with Crippen molar-refractivity contribution >= 4 is 28.9 Å². The summed E-state index contributed by atoms with van der Waals surface area (Å²) in [6.07, 6.45) is 0.